The van der Waals surface area contributed by atoms with E-state index in [2.05, 4.69) is 10.0 Å². The van der Waals surface area contributed by atoms with Gasteiger partial charge in [0, 0.05) is 18.3 Å². The van der Waals surface area contributed by atoms with Gasteiger partial charge in [-0.25, -0.2) is 17.5 Å². The van der Waals surface area contributed by atoms with Crippen LogP contribution in [0, 0.1) is 11.7 Å². The number of anilines is 1. The van der Waals surface area contributed by atoms with Crippen molar-refractivity contribution < 1.29 is 22.3 Å². The Morgan fingerprint density at radius 3 is 2.65 bits per heavy atom. The van der Waals surface area contributed by atoms with Crippen molar-refractivity contribution in [3.8, 4) is 0 Å². The summed E-state index contributed by atoms with van der Waals surface area (Å²) in [6, 6.07) is 3.39. The van der Waals surface area contributed by atoms with Gasteiger partial charge in [-0.3, -0.25) is 4.79 Å². The lowest BCUT2D eigenvalue weighted by atomic mass is 10.0. The summed E-state index contributed by atoms with van der Waals surface area (Å²) in [5, 5.41) is 2.60. The second-order valence-electron chi connectivity index (χ2n) is 6.09. The molecule has 0 unspecified atom stereocenters. The van der Waals surface area contributed by atoms with Crippen LogP contribution in [0.15, 0.2) is 23.1 Å². The fraction of sp³-hybridized carbons (Fsp3) is 0.533. The maximum atomic E-state index is 13.9. The van der Waals surface area contributed by atoms with E-state index >= 15 is 0 Å². The van der Waals surface area contributed by atoms with Crippen molar-refractivity contribution in [2.75, 3.05) is 11.9 Å². The van der Waals surface area contributed by atoms with E-state index in [9.17, 15) is 17.6 Å². The normalized spacial score (nSPS) is 24.6. The Hall–Kier alpha value is -1.51. The number of amides is 1. The van der Waals surface area contributed by atoms with Gasteiger partial charge in [0.25, 0.3) is 5.91 Å². The second kappa shape index (κ2) is 6.18. The molecular formula is C15H19FN2O4S. The van der Waals surface area contributed by atoms with Crippen LogP contribution in [0.5, 0.6) is 0 Å². The predicted octanol–water partition coefficient (Wildman–Crippen LogP) is 1.63. The minimum absolute atomic E-state index is 0.0928. The van der Waals surface area contributed by atoms with Crippen molar-refractivity contribution >= 4 is 21.6 Å². The number of hydrogen-bond donors (Lipinski definition) is 2. The number of rotatable bonds is 5. The van der Waals surface area contributed by atoms with Crippen molar-refractivity contribution in [3.63, 3.8) is 0 Å². The van der Waals surface area contributed by atoms with Crippen LogP contribution in [0.2, 0.25) is 0 Å². The number of carbonyl (C=O) groups is 1. The predicted molar refractivity (Wildman–Crippen MR) is 81.9 cm³/mol. The first-order valence-corrected chi connectivity index (χ1v) is 9.09. The molecule has 1 amide bonds. The first-order chi connectivity index (χ1) is 10.9. The number of carbonyl (C=O) groups excluding carboxylic acids is 1. The van der Waals surface area contributed by atoms with E-state index in [1.807, 2.05) is 6.92 Å². The molecule has 2 aliphatic rings. The number of halogens is 1. The molecule has 0 spiro atoms. The summed E-state index contributed by atoms with van der Waals surface area (Å²) in [5.74, 6) is -1.10. The highest BCUT2D eigenvalue weighted by Gasteiger charge is 2.32. The van der Waals surface area contributed by atoms with Gasteiger partial charge in [0.05, 0.1) is 0 Å². The number of sulfonamides is 1. The molecule has 1 saturated carbocycles. The van der Waals surface area contributed by atoms with Gasteiger partial charge < -0.3 is 10.1 Å². The number of hydrogen-bond acceptors (Lipinski definition) is 4. The quantitative estimate of drug-likeness (QED) is 0.852. The number of ether oxygens (including phenoxy) is 1. The first-order valence-electron chi connectivity index (χ1n) is 7.61. The Morgan fingerprint density at radius 1 is 1.30 bits per heavy atom. The highest BCUT2D eigenvalue weighted by Crippen LogP contribution is 2.26. The third-order valence-corrected chi connectivity index (χ3v) is 5.57. The van der Waals surface area contributed by atoms with E-state index in [-0.39, 0.29) is 23.6 Å². The van der Waals surface area contributed by atoms with Gasteiger partial charge in [0.1, 0.15) is 16.8 Å². The summed E-state index contributed by atoms with van der Waals surface area (Å²) < 4.78 is 46.0. The van der Waals surface area contributed by atoms with Gasteiger partial charge in [-0.1, -0.05) is 6.92 Å². The smallest absolute Gasteiger partial charge is 0.253 e. The molecule has 1 aromatic carbocycles. The molecule has 1 saturated heterocycles. The van der Waals surface area contributed by atoms with Gasteiger partial charge >= 0.3 is 0 Å². The average molecular weight is 342 g/mol. The van der Waals surface area contributed by atoms with Crippen LogP contribution in [0.1, 0.15) is 26.2 Å². The van der Waals surface area contributed by atoms with Crippen LogP contribution < -0.4 is 10.0 Å². The largest absolute Gasteiger partial charge is 0.368 e. The minimum Gasteiger partial charge on any atom is -0.368 e. The zero-order valence-corrected chi connectivity index (χ0v) is 13.5. The SMILES string of the molecule is C[C@H]1CCO[C@H]1C(=O)Nc1ccc(F)c(S(=O)(=O)NC2CC2)c1. The van der Waals surface area contributed by atoms with Gasteiger partial charge in [0.15, 0.2) is 0 Å². The van der Waals surface area contributed by atoms with Gasteiger partial charge in [0.2, 0.25) is 10.0 Å². The summed E-state index contributed by atoms with van der Waals surface area (Å²) in [4.78, 5) is 11.7. The third-order valence-electron chi connectivity index (χ3n) is 4.03. The Bertz CT molecular complexity index is 718. The van der Waals surface area contributed by atoms with Crippen LogP contribution in [0.25, 0.3) is 0 Å². The Labute approximate surface area is 134 Å². The summed E-state index contributed by atoms with van der Waals surface area (Å²) >= 11 is 0. The molecule has 2 N–H and O–H groups in total. The molecule has 6 nitrogen and oxygen atoms in total. The summed E-state index contributed by atoms with van der Waals surface area (Å²) in [5.41, 5.74) is 0.232. The van der Waals surface area contributed by atoms with Crippen molar-refractivity contribution in [2.45, 2.75) is 43.2 Å². The molecule has 2 atom stereocenters. The topological polar surface area (TPSA) is 84.5 Å². The van der Waals surface area contributed by atoms with E-state index in [1.165, 1.54) is 6.07 Å². The fourth-order valence-electron chi connectivity index (χ4n) is 2.52. The molecule has 1 aliphatic heterocycles. The molecule has 0 aromatic heterocycles. The molecule has 23 heavy (non-hydrogen) atoms. The molecular weight excluding hydrogens is 323 g/mol. The minimum atomic E-state index is -3.92. The van der Waals surface area contributed by atoms with E-state index in [0.717, 1.165) is 31.4 Å². The van der Waals surface area contributed by atoms with Crippen LogP contribution in [0.3, 0.4) is 0 Å². The van der Waals surface area contributed by atoms with Crippen molar-refractivity contribution in [1.29, 1.82) is 0 Å². The summed E-state index contributed by atoms with van der Waals surface area (Å²) in [6.07, 6.45) is 1.75. The Kier molecular flexibility index (Phi) is 4.39. The number of benzene rings is 1. The highest BCUT2D eigenvalue weighted by molar-refractivity contribution is 7.89. The lowest BCUT2D eigenvalue weighted by Gasteiger charge is -2.15. The van der Waals surface area contributed by atoms with Crippen molar-refractivity contribution in [2.24, 2.45) is 5.92 Å². The molecule has 3 rings (SSSR count). The van der Waals surface area contributed by atoms with Gasteiger partial charge in [-0.15, -0.1) is 0 Å². The number of nitrogens with one attached hydrogen (secondary N) is 2. The zero-order chi connectivity index (χ0) is 16.6. The molecule has 2 fully saturated rings. The van der Waals surface area contributed by atoms with Crippen LogP contribution in [0.4, 0.5) is 10.1 Å². The zero-order valence-electron chi connectivity index (χ0n) is 12.7. The van der Waals surface area contributed by atoms with Crippen LogP contribution in [-0.2, 0) is 19.6 Å². The molecule has 1 heterocycles. The maximum absolute atomic E-state index is 13.9. The Balaban J connectivity index is 1.78. The van der Waals surface area contributed by atoms with Gasteiger partial charge in [-0.2, -0.15) is 0 Å². The lowest BCUT2D eigenvalue weighted by Crippen LogP contribution is -2.31. The van der Waals surface area contributed by atoms with E-state index in [1.54, 1.807) is 0 Å². The first kappa shape index (κ1) is 16.4. The highest BCUT2D eigenvalue weighted by atomic mass is 32.2. The van der Waals surface area contributed by atoms with E-state index < -0.39 is 26.8 Å². The van der Waals surface area contributed by atoms with Crippen molar-refractivity contribution in [3.05, 3.63) is 24.0 Å². The molecule has 126 valence electrons. The molecule has 8 heteroatoms. The summed E-state index contributed by atoms with van der Waals surface area (Å²) in [6.45, 7) is 2.44. The fourth-order valence-corrected chi connectivity index (χ4v) is 3.92. The van der Waals surface area contributed by atoms with Gasteiger partial charge in [-0.05, 0) is 43.4 Å². The maximum Gasteiger partial charge on any atom is 0.253 e. The Morgan fingerprint density at radius 2 is 2.04 bits per heavy atom. The lowest BCUT2D eigenvalue weighted by molar-refractivity contribution is -0.126. The third kappa shape index (κ3) is 3.70. The average Bonchev–Trinajstić information content (AvgIpc) is 3.17. The second-order valence-corrected chi connectivity index (χ2v) is 7.77. The monoisotopic (exact) mass is 342 g/mol. The molecule has 0 radical (unpaired) electrons. The standard InChI is InChI=1S/C15H19FN2O4S/c1-9-6-7-22-14(9)15(19)17-11-4-5-12(16)13(8-11)23(20,21)18-10-2-3-10/h4-5,8-10,14,18H,2-3,6-7H2,1H3,(H,17,19)/t9-,14+/m0/s1. The van der Waals surface area contributed by atoms with Crippen LogP contribution in [-0.4, -0.2) is 33.1 Å². The summed E-state index contributed by atoms with van der Waals surface area (Å²) in [7, 11) is -3.92. The van der Waals surface area contributed by atoms with Crippen LogP contribution >= 0.6 is 0 Å². The van der Waals surface area contributed by atoms with E-state index in [0.29, 0.717) is 6.61 Å². The van der Waals surface area contributed by atoms with E-state index in [4.69, 9.17) is 4.74 Å². The van der Waals surface area contributed by atoms with Crippen molar-refractivity contribution in [1.82, 2.24) is 4.72 Å². The molecule has 1 aromatic rings. The molecule has 1 aliphatic carbocycles. The molecule has 0 bridgehead atoms.